The van der Waals surface area contributed by atoms with E-state index < -0.39 is 17.7 Å². The van der Waals surface area contributed by atoms with Gasteiger partial charge >= 0.3 is 12.1 Å². The first-order valence-electron chi connectivity index (χ1n) is 6.98. The number of carboxylic acid groups (broad SMARTS) is 1. The molecule has 0 radical (unpaired) electrons. The highest BCUT2D eigenvalue weighted by atomic mass is 16.6. The highest BCUT2D eigenvalue weighted by Gasteiger charge is 2.23. The highest BCUT2D eigenvalue weighted by molar-refractivity contribution is 5.93. The summed E-state index contributed by atoms with van der Waals surface area (Å²) in [6.45, 7) is 8.66. The summed E-state index contributed by atoms with van der Waals surface area (Å²) >= 11 is 0. The van der Waals surface area contributed by atoms with Gasteiger partial charge in [-0.2, -0.15) is 0 Å². The Bertz CT molecular complexity index is 473. The van der Waals surface area contributed by atoms with Crippen molar-refractivity contribution in [3.8, 4) is 0 Å². The maximum absolute atomic E-state index is 12.1. The molecule has 22 heavy (non-hydrogen) atoms. The molecule has 0 rings (SSSR count). The average molecular weight is 314 g/mol. The van der Waals surface area contributed by atoms with E-state index in [1.807, 2.05) is 0 Å². The van der Waals surface area contributed by atoms with Crippen molar-refractivity contribution in [3.63, 3.8) is 0 Å². The fourth-order valence-electron chi connectivity index (χ4n) is 1.68. The van der Waals surface area contributed by atoms with Gasteiger partial charge in [-0.3, -0.25) is 4.79 Å². The van der Waals surface area contributed by atoms with E-state index in [0.717, 1.165) is 4.90 Å². The summed E-state index contributed by atoms with van der Waals surface area (Å²) in [7, 11) is 2.94. The van der Waals surface area contributed by atoms with Crippen molar-refractivity contribution < 1.29 is 24.2 Å². The van der Waals surface area contributed by atoms with Crippen LogP contribution < -0.4 is 0 Å². The van der Waals surface area contributed by atoms with Crippen molar-refractivity contribution in [1.82, 2.24) is 9.80 Å². The Labute approximate surface area is 131 Å². The number of aliphatic carboxylic acids is 1. The van der Waals surface area contributed by atoms with E-state index in [1.165, 1.54) is 19.0 Å². The van der Waals surface area contributed by atoms with Gasteiger partial charge in [-0.1, -0.05) is 0 Å². The SMILES string of the molecule is CC(C)=C(C(=O)O)N(C)C(=O)CCN(C)C(=O)OC(C)(C)C. The lowest BCUT2D eigenvalue weighted by Gasteiger charge is -2.25. The molecule has 2 amide bonds. The lowest BCUT2D eigenvalue weighted by atomic mass is 10.2. The zero-order valence-corrected chi connectivity index (χ0v) is 14.4. The van der Waals surface area contributed by atoms with Gasteiger partial charge < -0.3 is 19.6 Å². The Morgan fingerprint density at radius 2 is 1.59 bits per heavy atom. The van der Waals surface area contributed by atoms with E-state index in [1.54, 1.807) is 34.6 Å². The standard InChI is InChI=1S/C15H26N2O5/c1-10(2)12(13(19)20)17(7)11(18)8-9-16(6)14(21)22-15(3,4)5/h8-9H2,1-7H3,(H,19,20). The second-order valence-electron chi connectivity index (χ2n) is 6.26. The van der Waals surface area contributed by atoms with Crippen LogP contribution in [-0.4, -0.2) is 59.1 Å². The molecule has 0 saturated carbocycles. The molecule has 0 aliphatic carbocycles. The van der Waals surface area contributed by atoms with Crippen molar-refractivity contribution in [2.45, 2.75) is 46.6 Å². The number of rotatable bonds is 5. The predicted molar refractivity (Wildman–Crippen MR) is 82.3 cm³/mol. The van der Waals surface area contributed by atoms with E-state index in [4.69, 9.17) is 9.84 Å². The van der Waals surface area contributed by atoms with Crippen LogP contribution in [-0.2, 0) is 14.3 Å². The van der Waals surface area contributed by atoms with Gasteiger partial charge in [0.05, 0.1) is 0 Å². The molecule has 126 valence electrons. The van der Waals surface area contributed by atoms with Crippen molar-refractivity contribution in [2.75, 3.05) is 20.6 Å². The van der Waals surface area contributed by atoms with Crippen LogP contribution in [0.5, 0.6) is 0 Å². The first-order chi connectivity index (χ1) is 9.86. The number of amides is 2. The Morgan fingerprint density at radius 1 is 1.09 bits per heavy atom. The Morgan fingerprint density at radius 3 is 1.95 bits per heavy atom. The van der Waals surface area contributed by atoms with Crippen LogP contribution >= 0.6 is 0 Å². The third-order valence-electron chi connectivity index (χ3n) is 2.75. The van der Waals surface area contributed by atoms with Gasteiger partial charge in [-0.15, -0.1) is 0 Å². The number of carboxylic acids is 1. The Kier molecular flexibility index (Phi) is 7.09. The Hall–Kier alpha value is -2.05. The minimum Gasteiger partial charge on any atom is -0.477 e. The third-order valence-corrected chi connectivity index (χ3v) is 2.75. The summed E-state index contributed by atoms with van der Waals surface area (Å²) in [6.07, 6.45) is -0.514. The van der Waals surface area contributed by atoms with E-state index >= 15 is 0 Å². The van der Waals surface area contributed by atoms with E-state index in [2.05, 4.69) is 0 Å². The van der Waals surface area contributed by atoms with Gasteiger partial charge in [0.2, 0.25) is 5.91 Å². The molecule has 0 aliphatic heterocycles. The molecule has 0 heterocycles. The molecule has 0 aliphatic rings. The smallest absolute Gasteiger partial charge is 0.410 e. The number of carbonyl (C=O) groups is 3. The van der Waals surface area contributed by atoms with Gasteiger partial charge in [-0.05, 0) is 40.2 Å². The van der Waals surface area contributed by atoms with E-state index in [-0.39, 0.29) is 24.6 Å². The second-order valence-corrected chi connectivity index (χ2v) is 6.26. The van der Waals surface area contributed by atoms with Gasteiger partial charge in [0, 0.05) is 27.1 Å². The van der Waals surface area contributed by atoms with Crippen LogP contribution in [0.1, 0.15) is 41.0 Å². The van der Waals surface area contributed by atoms with Crippen LogP contribution in [0, 0.1) is 0 Å². The first kappa shape index (κ1) is 19.9. The van der Waals surface area contributed by atoms with Crippen LogP contribution in [0.15, 0.2) is 11.3 Å². The lowest BCUT2D eigenvalue weighted by Crippen LogP contribution is -2.37. The summed E-state index contributed by atoms with van der Waals surface area (Å²) in [5.74, 6) is -1.54. The van der Waals surface area contributed by atoms with Crippen LogP contribution in [0.25, 0.3) is 0 Å². The summed E-state index contributed by atoms with van der Waals surface area (Å²) < 4.78 is 5.17. The molecule has 0 saturated heterocycles. The molecule has 7 nitrogen and oxygen atoms in total. The third kappa shape index (κ3) is 6.60. The van der Waals surface area contributed by atoms with E-state index in [9.17, 15) is 14.4 Å². The molecule has 0 bridgehead atoms. The molecule has 0 aromatic heterocycles. The summed E-state index contributed by atoms with van der Waals surface area (Å²) in [5, 5.41) is 9.12. The summed E-state index contributed by atoms with van der Waals surface area (Å²) in [4.78, 5) is 37.4. The van der Waals surface area contributed by atoms with Crippen LogP contribution in [0.2, 0.25) is 0 Å². The summed E-state index contributed by atoms with van der Waals surface area (Å²) in [6, 6.07) is 0. The van der Waals surface area contributed by atoms with Gasteiger partial charge in [0.1, 0.15) is 11.3 Å². The predicted octanol–water partition coefficient (Wildman–Crippen LogP) is 2.08. The topological polar surface area (TPSA) is 87.2 Å². The molecular formula is C15H26N2O5. The van der Waals surface area contributed by atoms with Crippen LogP contribution in [0.3, 0.4) is 0 Å². The zero-order chi connectivity index (χ0) is 17.7. The molecule has 7 heteroatoms. The maximum atomic E-state index is 12.1. The number of likely N-dealkylation sites (N-methyl/N-ethyl adjacent to an activating group) is 1. The molecule has 0 aromatic rings. The van der Waals surface area contributed by atoms with E-state index in [0.29, 0.717) is 5.57 Å². The number of ether oxygens (including phenoxy) is 1. The fourth-order valence-corrected chi connectivity index (χ4v) is 1.68. The van der Waals surface area contributed by atoms with Gasteiger partial charge in [0.15, 0.2) is 0 Å². The molecule has 0 fully saturated rings. The second kappa shape index (κ2) is 7.82. The minimum absolute atomic E-state index is 0.0102. The molecule has 0 aromatic carbocycles. The molecular weight excluding hydrogens is 288 g/mol. The van der Waals surface area contributed by atoms with Crippen LogP contribution in [0.4, 0.5) is 4.79 Å². The zero-order valence-electron chi connectivity index (χ0n) is 14.4. The molecule has 0 spiro atoms. The number of nitrogens with zero attached hydrogens (tertiary/aromatic N) is 2. The van der Waals surface area contributed by atoms with Crippen molar-refractivity contribution >= 4 is 18.0 Å². The number of hydrogen-bond acceptors (Lipinski definition) is 4. The monoisotopic (exact) mass is 314 g/mol. The number of allylic oxidation sites excluding steroid dienone is 1. The van der Waals surface area contributed by atoms with Gasteiger partial charge in [-0.25, -0.2) is 9.59 Å². The van der Waals surface area contributed by atoms with Crippen molar-refractivity contribution in [1.29, 1.82) is 0 Å². The molecule has 0 unspecified atom stereocenters. The molecule has 0 atom stereocenters. The highest BCUT2D eigenvalue weighted by Crippen LogP contribution is 2.12. The largest absolute Gasteiger partial charge is 0.477 e. The van der Waals surface area contributed by atoms with Crippen molar-refractivity contribution in [2.24, 2.45) is 0 Å². The van der Waals surface area contributed by atoms with Crippen molar-refractivity contribution in [3.05, 3.63) is 11.3 Å². The minimum atomic E-state index is -1.16. The lowest BCUT2D eigenvalue weighted by molar-refractivity contribution is -0.139. The fraction of sp³-hybridized carbons (Fsp3) is 0.667. The molecule has 1 N–H and O–H groups in total. The summed E-state index contributed by atoms with van der Waals surface area (Å²) in [5.41, 5.74) is -0.126. The van der Waals surface area contributed by atoms with Gasteiger partial charge in [0.25, 0.3) is 0 Å². The normalized spacial score (nSPS) is 10.7. The first-order valence-corrected chi connectivity index (χ1v) is 6.98. The number of carbonyl (C=O) groups excluding carboxylic acids is 2. The Balaban J connectivity index is 4.66. The number of hydrogen-bond donors (Lipinski definition) is 1. The maximum Gasteiger partial charge on any atom is 0.410 e. The average Bonchev–Trinajstić information content (AvgIpc) is 2.32. The quantitative estimate of drug-likeness (QED) is 0.785.